The Hall–Kier alpha value is -2.96. The normalized spacial score (nSPS) is 14.6. The number of hydrogen-bond acceptors (Lipinski definition) is 4. The number of hydrogen-bond donors (Lipinski definition) is 0. The SMILES string of the molecule is COc1ccc(F)cc1COC(=O)C1CCN(C(=O)c2ccc(F)cc2)CC1. The fourth-order valence-electron chi connectivity index (χ4n) is 3.22. The Kier molecular flexibility index (Phi) is 6.23. The topological polar surface area (TPSA) is 55.8 Å². The van der Waals surface area contributed by atoms with Gasteiger partial charge in [0, 0.05) is 24.2 Å². The fraction of sp³-hybridized carbons (Fsp3) is 0.333. The highest BCUT2D eigenvalue weighted by Crippen LogP contribution is 2.24. The predicted octanol–water partition coefficient (Wildman–Crippen LogP) is 3.57. The van der Waals surface area contributed by atoms with Crippen molar-refractivity contribution in [1.29, 1.82) is 0 Å². The van der Waals surface area contributed by atoms with Crippen molar-refractivity contribution in [3.05, 3.63) is 65.2 Å². The predicted molar refractivity (Wildman–Crippen MR) is 97.8 cm³/mol. The number of benzene rings is 2. The first-order valence-corrected chi connectivity index (χ1v) is 9.02. The van der Waals surface area contributed by atoms with Crippen LogP contribution in [0.3, 0.4) is 0 Å². The molecule has 3 rings (SSSR count). The minimum Gasteiger partial charge on any atom is -0.496 e. The molecule has 7 heteroatoms. The van der Waals surface area contributed by atoms with Crippen molar-refractivity contribution in [1.82, 2.24) is 4.90 Å². The number of ether oxygens (including phenoxy) is 2. The van der Waals surface area contributed by atoms with Crippen molar-refractivity contribution < 1.29 is 27.8 Å². The molecular formula is C21H21F2NO4. The molecule has 0 aromatic heterocycles. The standard InChI is InChI=1S/C21H21F2NO4/c1-27-19-7-6-18(23)12-16(19)13-28-21(26)15-8-10-24(11-9-15)20(25)14-2-4-17(22)5-3-14/h2-7,12,15H,8-11,13H2,1H3. The van der Waals surface area contributed by atoms with Gasteiger partial charge in [-0.3, -0.25) is 9.59 Å². The highest BCUT2D eigenvalue weighted by atomic mass is 19.1. The molecule has 1 heterocycles. The van der Waals surface area contributed by atoms with Crippen LogP contribution in [0.1, 0.15) is 28.8 Å². The van der Waals surface area contributed by atoms with E-state index in [2.05, 4.69) is 0 Å². The molecular weight excluding hydrogens is 368 g/mol. The molecule has 2 aromatic rings. The molecule has 0 spiro atoms. The van der Waals surface area contributed by atoms with Crippen LogP contribution in [0.5, 0.6) is 5.75 Å². The van der Waals surface area contributed by atoms with E-state index < -0.39 is 11.6 Å². The highest BCUT2D eigenvalue weighted by molar-refractivity contribution is 5.94. The Morgan fingerprint density at radius 3 is 2.32 bits per heavy atom. The van der Waals surface area contributed by atoms with Crippen LogP contribution < -0.4 is 4.74 Å². The van der Waals surface area contributed by atoms with Crippen LogP contribution in [0, 0.1) is 17.6 Å². The van der Waals surface area contributed by atoms with Crippen molar-refractivity contribution in [2.45, 2.75) is 19.4 Å². The van der Waals surface area contributed by atoms with E-state index in [0.29, 0.717) is 42.8 Å². The lowest BCUT2D eigenvalue weighted by molar-refractivity contribution is -0.151. The summed E-state index contributed by atoms with van der Waals surface area (Å²) in [4.78, 5) is 26.4. The molecule has 0 saturated carbocycles. The zero-order valence-corrected chi connectivity index (χ0v) is 15.5. The van der Waals surface area contributed by atoms with Gasteiger partial charge in [-0.2, -0.15) is 0 Å². The van der Waals surface area contributed by atoms with Gasteiger partial charge in [0.15, 0.2) is 0 Å². The first kappa shape index (κ1) is 19.8. The number of methoxy groups -OCH3 is 1. The van der Waals surface area contributed by atoms with Crippen molar-refractivity contribution in [3.8, 4) is 5.75 Å². The van der Waals surface area contributed by atoms with Crippen molar-refractivity contribution in [2.75, 3.05) is 20.2 Å². The monoisotopic (exact) mass is 389 g/mol. The van der Waals surface area contributed by atoms with E-state index in [4.69, 9.17) is 9.47 Å². The average molecular weight is 389 g/mol. The summed E-state index contributed by atoms with van der Waals surface area (Å²) in [7, 11) is 1.46. The van der Waals surface area contributed by atoms with Gasteiger partial charge < -0.3 is 14.4 Å². The molecule has 1 aliphatic rings. The molecule has 28 heavy (non-hydrogen) atoms. The minimum atomic E-state index is -0.431. The Balaban J connectivity index is 1.52. The van der Waals surface area contributed by atoms with Crippen LogP contribution in [-0.4, -0.2) is 37.0 Å². The van der Waals surface area contributed by atoms with Crippen LogP contribution in [0.4, 0.5) is 8.78 Å². The average Bonchev–Trinajstić information content (AvgIpc) is 2.72. The van der Waals surface area contributed by atoms with Gasteiger partial charge in [-0.25, -0.2) is 8.78 Å². The third-order valence-corrected chi connectivity index (χ3v) is 4.82. The third-order valence-electron chi connectivity index (χ3n) is 4.82. The summed E-state index contributed by atoms with van der Waals surface area (Å²) in [5.41, 5.74) is 0.875. The maximum atomic E-state index is 13.4. The minimum absolute atomic E-state index is 0.0749. The van der Waals surface area contributed by atoms with Gasteiger partial charge in [0.05, 0.1) is 13.0 Å². The Bertz CT molecular complexity index is 846. The largest absolute Gasteiger partial charge is 0.496 e. The number of nitrogens with zero attached hydrogens (tertiary/aromatic N) is 1. The molecule has 1 fully saturated rings. The number of esters is 1. The Morgan fingerprint density at radius 1 is 1.04 bits per heavy atom. The summed E-state index contributed by atoms with van der Waals surface area (Å²) >= 11 is 0. The second-order valence-corrected chi connectivity index (χ2v) is 6.64. The first-order valence-electron chi connectivity index (χ1n) is 9.02. The van der Waals surface area contributed by atoms with Gasteiger partial charge in [-0.05, 0) is 55.3 Å². The lowest BCUT2D eigenvalue weighted by atomic mass is 9.96. The number of piperidine rings is 1. The fourth-order valence-corrected chi connectivity index (χ4v) is 3.22. The maximum Gasteiger partial charge on any atom is 0.309 e. The molecule has 0 radical (unpaired) electrons. The number of carbonyl (C=O) groups is 2. The number of rotatable bonds is 5. The zero-order chi connectivity index (χ0) is 20.1. The summed E-state index contributed by atoms with van der Waals surface area (Å²) in [6.45, 7) is 0.757. The first-order chi connectivity index (χ1) is 13.5. The van der Waals surface area contributed by atoms with Gasteiger partial charge >= 0.3 is 5.97 Å². The second kappa shape index (κ2) is 8.82. The molecule has 0 N–H and O–H groups in total. The number of likely N-dealkylation sites (tertiary alicyclic amines) is 1. The Labute approximate surface area is 161 Å². The van der Waals surface area contributed by atoms with Crippen LogP contribution >= 0.6 is 0 Å². The van der Waals surface area contributed by atoms with Crippen molar-refractivity contribution in [2.24, 2.45) is 5.92 Å². The molecule has 0 aliphatic carbocycles. The van der Waals surface area contributed by atoms with Gasteiger partial charge in [0.25, 0.3) is 5.91 Å². The van der Waals surface area contributed by atoms with E-state index >= 15 is 0 Å². The second-order valence-electron chi connectivity index (χ2n) is 6.64. The number of amides is 1. The summed E-state index contributed by atoms with van der Waals surface area (Å²) in [5.74, 6) is -1.25. The van der Waals surface area contributed by atoms with Gasteiger partial charge in [-0.1, -0.05) is 0 Å². The van der Waals surface area contributed by atoms with Gasteiger partial charge in [0.2, 0.25) is 0 Å². The molecule has 0 unspecified atom stereocenters. The molecule has 1 saturated heterocycles. The maximum absolute atomic E-state index is 13.4. The van der Waals surface area contributed by atoms with E-state index in [0.717, 1.165) is 0 Å². The Morgan fingerprint density at radius 2 is 1.68 bits per heavy atom. The zero-order valence-electron chi connectivity index (χ0n) is 15.5. The van der Waals surface area contributed by atoms with E-state index in [1.807, 2.05) is 0 Å². The van der Waals surface area contributed by atoms with E-state index in [1.54, 1.807) is 4.90 Å². The smallest absolute Gasteiger partial charge is 0.309 e. The summed E-state index contributed by atoms with van der Waals surface area (Å²) < 4.78 is 36.9. The molecule has 0 atom stereocenters. The highest BCUT2D eigenvalue weighted by Gasteiger charge is 2.29. The molecule has 148 valence electrons. The van der Waals surface area contributed by atoms with Crippen LogP contribution in [0.15, 0.2) is 42.5 Å². The van der Waals surface area contributed by atoms with E-state index in [-0.39, 0.29) is 24.4 Å². The molecule has 1 amide bonds. The molecule has 2 aromatic carbocycles. The van der Waals surface area contributed by atoms with E-state index in [1.165, 1.54) is 49.6 Å². The van der Waals surface area contributed by atoms with Crippen LogP contribution in [0.25, 0.3) is 0 Å². The molecule has 1 aliphatic heterocycles. The van der Waals surface area contributed by atoms with Crippen molar-refractivity contribution >= 4 is 11.9 Å². The number of carbonyl (C=O) groups excluding carboxylic acids is 2. The van der Waals surface area contributed by atoms with E-state index in [9.17, 15) is 18.4 Å². The molecule has 5 nitrogen and oxygen atoms in total. The summed E-state index contributed by atoms with van der Waals surface area (Å²) in [6, 6.07) is 9.43. The quantitative estimate of drug-likeness (QED) is 0.734. The lowest BCUT2D eigenvalue weighted by Crippen LogP contribution is -2.40. The lowest BCUT2D eigenvalue weighted by Gasteiger charge is -2.31. The third kappa shape index (κ3) is 4.65. The summed E-state index contributed by atoms with van der Waals surface area (Å²) in [5, 5.41) is 0. The summed E-state index contributed by atoms with van der Waals surface area (Å²) in [6.07, 6.45) is 0.956. The van der Waals surface area contributed by atoms with Crippen LogP contribution in [-0.2, 0) is 16.1 Å². The molecule has 0 bridgehead atoms. The van der Waals surface area contributed by atoms with Crippen LogP contribution in [0.2, 0.25) is 0 Å². The van der Waals surface area contributed by atoms with Crippen molar-refractivity contribution in [3.63, 3.8) is 0 Å². The van der Waals surface area contributed by atoms with Gasteiger partial charge in [0.1, 0.15) is 24.0 Å². The van der Waals surface area contributed by atoms with Gasteiger partial charge in [-0.15, -0.1) is 0 Å². The number of halogens is 2.